The van der Waals surface area contributed by atoms with E-state index in [1.54, 1.807) is 31.2 Å². The molecule has 4 rings (SSSR count). The van der Waals surface area contributed by atoms with Gasteiger partial charge in [0, 0.05) is 35.4 Å². The van der Waals surface area contributed by atoms with Crippen molar-refractivity contribution in [3.63, 3.8) is 0 Å². The lowest BCUT2D eigenvalue weighted by atomic mass is 10.0. The van der Waals surface area contributed by atoms with Crippen molar-refractivity contribution in [2.24, 2.45) is 0 Å². The summed E-state index contributed by atoms with van der Waals surface area (Å²) in [5.74, 6) is -5.45. The second-order valence-corrected chi connectivity index (χ2v) is 9.17. The van der Waals surface area contributed by atoms with Gasteiger partial charge in [-0.15, -0.1) is 0 Å². The predicted molar refractivity (Wildman–Crippen MR) is 131 cm³/mol. The van der Waals surface area contributed by atoms with Gasteiger partial charge in [-0.1, -0.05) is 0 Å². The van der Waals surface area contributed by atoms with Crippen LogP contribution < -0.4 is 5.32 Å². The molecular weight excluding hydrogens is 575 g/mol. The van der Waals surface area contributed by atoms with Gasteiger partial charge in [-0.05, 0) is 71.5 Å². The van der Waals surface area contributed by atoms with Crippen molar-refractivity contribution >= 4 is 51.7 Å². The first kappa shape index (κ1) is 24.6. The summed E-state index contributed by atoms with van der Waals surface area (Å²) < 4.78 is 36.1. The largest absolute Gasteiger partial charge is 0.478 e. The van der Waals surface area contributed by atoms with Crippen LogP contribution in [0.2, 0.25) is 0 Å². The Morgan fingerprint density at radius 3 is 2.20 bits per heavy atom. The number of furan rings is 1. The summed E-state index contributed by atoms with van der Waals surface area (Å²) in [6, 6.07) is 9.11. The maximum atomic E-state index is 15.1. The van der Waals surface area contributed by atoms with Gasteiger partial charge >= 0.3 is 5.97 Å². The Morgan fingerprint density at radius 2 is 1.63 bits per heavy atom. The first-order valence-corrected chi connectivity index (χ1v) is 11.7. The van der Waals surface area contributed by atoms with E-state index in [0.29, 0.717) is 11.3 Å². The topological polar surface area (TPSA) is 103 Å². The average molecular weight is 595 g/mol. The third kappa shape index (κ3) is 4.99. The fraction of sp³-hybridized carbons (Fsp3) is 0.208. The minimum atomic E-state index is -1.52. The first-order chi connectivity index (χ1) is 16.7. The van der Waals surface area contributed by atoms with E-state index in [0.717, 1.165) is 9.64 Å². The summed E-state index contributed by atoms with van der Waals surface area (Å²) in [7, 11) is 0. The summed E-state index contributed by atoms with van der Waals surface area (Å²) >= 11 is 2.10. The van der Waals surface area contributed by atoms with Crippen LogP contribution in [0, 0.1) is 22.1 Å². The van der Waals surface area contributed by atoms with Crippen LogP contribution in [0.15, 0.2) is 47.1 Å². The molecule has 2 aromatic carbocycles. The van der Waals surface area contributed by atoms with Gasteiger partial charge in [-0.3, -0.25) is 9.59 Å². The molecule has 11 heteroatoms. The number of piperazine rings is 1. The van der Waals surface area contributed by atoms with E-state index in [9.17, 15) is 19.5 Å². The zero-order chi connectivity index (χ0) is 25.3. The lowest BCUT2D eigenvalue weighted by molar-refractivity contribution is 0.0515. The molecule has 0 bridgehead atoms. The molecule has 0 unspecified atom stereocenters. The molecule has 1 saturated heterocycles. The predicted octanol–water partition coefficient (Wildman–Crippen LogP) is 4.51. The Hall–Kier alpha value is -3.48. The van der Waals surface area contributed by atoms with Crippen LogP contribution in [0.25, 0.3) is 0 Å². The zero-order valence-corrected chi connectivity index (χ0v) is 20.6. The first-order valence-electron chi connectivity index (χ1n) is 10.6. The normalized spacial score (nSPS) is 13.6. The summed E-state index contributed by atoms with van der Waals surface area (Å²) in [5.41, 5.74) is -0.713. The highest BCUT2D eigenvalue weighted by Crippen LogP contribution is 2.31. The molecule has 8 nitrogen and oxygen atoms in total. The van der Waals surface area contributed by atoms with E-state index in [4.69, 9.17) is 4.42 Å². The highest BCUT2D eigenvalue weighted by atomic mass is 127. The number of nitrogens with zero attached hydrogens (tertiary/aromatic N) is 2. The van der Waals surface area contributed by atoms with Crippen molar-refractivity contribution in [3.05, 3.63) is 80.3 Å². The molecule has 0 atom stereocenters. The monoisotopic (exact) mass is 595 g/mol. The number of carbonyl (C=O) groups excluding carboxylic acids is 2. The molecule has 0 radical (unpaired) electrons. The van der Waals surface area contributed by atoms with E-state index >= 15 is 8.78 Å². The standard InChI is InChI=1S/C24H20F2IN3O5/c1-13-11-14(27)4-5-17(13)28-21-16(24(33)34)12-15(19(25)20(21)26)22(31)29-6-8-30(9-7-29)23(32)18-3-2-10-35-18/h2-5,10-12,28H,6-9H2,1H3,(H,33,34). The van der Waals surface area contributed by atoms with Crippen LogP contribution in [-0.2, 0) is 0 Å². The van der Waals surface area contributed by atoms with E-state index < -0.39 is 40.3 Å². The molecular formula is C24H20F2IN3O5. The number of carboxylic acids is 1. The molecule has 1 aromatic heterocycles. The molecule has 0 spiro atoms. The van der Waals surface area contributed by atoms with E-state index in [1.165, 1.54) is 22.1 Å². The van der Waals surface area contributed by atoms with Crippen LogP contribution >= 0.6 is 22.6 Å². The van der Waals surface area contributed by atoms with Crippen LogP contribution in [0.1, 0.15) is 36.8 Å². The van der Waals surface area contributed by atoms with Gasteiger partial charge in [0.25, 0.3) is 11.8 Å². The van der Waals surface area contributed by atoms with Crippen molar-refractivity contribution in [3.8, 4) is 0 Å². The van der Waals surface area contributed by atoms with Crippen LogP contribution in [0.5, 0.6) is 0 Å². The number of aryl methyl sites for hydroxylation is 1. The SMILES string of the molecule is Cc1cc(I)ccc1Nc1c(C(=O)O)cc(C(=O)N2CCN(C(=O)c3ccco3)CC2)c(F)c1F. The number of benzene rings is 2. The van der Waals surface area contributed by atoms with Crippen molar-refractivity contribution < 1.29 is 32.7 Å². The zero-order valence-electron chi connectivity index (χ0n) is 18.5. The number of anilines is 2. The Balaban J connectivity index is 1.58. The fourth-order valence-electron chi connectivity index (χ4n) is 3.81. The summed E-state index contributed by atoms with van der Waals surface area (Å²) in [4.78, 5) is 40.0. The molecule has 1 aliphatic heterocycles. The lowest BCUT2D eigenvalue weighted by Gasteiger charge is -2.34. The van der Waals surface area contributed by atoms with Gasteiger partial charge in [-0.2, -0.15) is 0 Å². The smallest absolute Gasteiger partial charge is 0.337 e. The van der Waals surface area contributed by atoms with Gasteiger partial charge in [-0.25, -0.2) is 13.6 Å². The number of nitrogens with one attached hydrogen (secondary N) is 1. The highest BCUT2D eigenvalue weighted by Gasteiger charge is 2.31. The average Bonchev–Trinajstić information content (AvgIpc) is 3.38. The molecule has 2 amide bonds. The molecule has 0 aliphatic carbocycles. The van der Waals surface area contributed by atoms with Gasteiger partial charge in [0.1, 0.15) is 0 Å². The maximum Gasteiger partial charge on any atom is 0.337 e. The molecule has 3 aromatic rings. The van der Waals surface area contributed by atoms with Crippen molar-refractivity contribution in [2.45, 2.75) is 6.92 Å². The number of carboxylic acid groups (broad SMARTS) is 1. The van der Waals surface area contributed by atoms with Gasteiger partial charge in [0.05, 0.1) is 23.1 Å². The molecule has 182 valence electrons. The Kier molecular flexibility index (Phi) is 7.05. The molecule has 35 heavy (non-hydrogen) atoms. The second kappa shape index (κ2) is 10.0. The number of rotatable bonds is 5. The second-order valence-electron chi connectivity index (χ2n) is 7.93. The quantitative estimate of drug-likeness (QED) is 0.421. The lowest BCUT2D eigenvalue weighted by Crippen LogP contribution is -2.50. The molecule has 1 aliphatic rings. The number of amides is 2. The van der Waals surface area contributed by atoms with E-state index in [1.807, 2.05) is 0 Å². The number of halogens is 3. The van der Waals surface area contributed by atoms with Gasteiger partial charge < -0.3 is 24.6 Å². The number of hydrogen-bond donors (Lipinski definition) is 2. The van der Waals surface area contributed by atoms with Crippen LogP contribution in [0.4, 0.5) is 20.2 Å². The number of hydrogen-bond acceptors (Lipinski definition) is 5. The van der Waals surface area contributed by atoms with Gasteiger partial charge in [0.2, 0.25) is 0 Å². The minimum absolute atomic E-state index is 0.0661. The highest BCUT2D eigenvalue weighted by molar-refractivity contribution is 14.1. The molecule has 1 fully saturated rings. The van der Waals surface area contributed by atoms with E-state index in [-0.39, 0.29) is 37.8 Å². The Labute approximate surface area is 212 Å². The minimum Gasteiger partial charge on any atom is -0.478 e. The maximum absolute atomic E-state index is 15.1. The van der Waals surface area contributed by atoms with Crippen molar-refractivity contribution in [2.75, 3.05) is 31.5 Å². The summed E-state index contributed by atoms with van der Waals surface area (Å²) in [6.07, 6.45) is 1.38. The molecule has 0 saturated carbocycles. The third-order valence-corrected chi connectivity index (χ3v) is 6.37. The van der Waals surface area contributed by atoms with Crippen molar-refractivity contribution in [1.82, 2.24) is 9.80 Å². The molecule has 2 N–H and O–H groups in total. The van der Waals surface area contributed by atoms with Crippen LogP contribution in [0.3, 0.4) is 0 Å². The number of carbonyl (C=O) groups is 3. The third-order valence-electron chi connectivity index (χ3n) is 5.70. The van der Waals surface area contributed by atoms with Gasteiger partial charge in [0.15, 0.2) is 17.4 Å². The van der Waals surface area contributed by atoms with E-state index in [2.05, 4.69) is 27.9 Å². The number of aromatic carboxylic acids is 1. The Morgan fingerprint density at radius 1 is 0.971 bits per heavy atom. The van der Waals surface area contributed by atoms with Crippen molar-refractivity contribution in [1.29, 1.82) is 0 Å². The fourth-order valence-corrected chi connectivity index (χ4v) is 4.46. The summed E-state index contributed by atoms with van der Waals surface area (Å²) in [6.45, 7) is 2.19. The Bertz CT molecular complexity index is 1300. The molecule has 2 heterocycles. The van der Waals surface area contributed by atoms with Crippen LogP contribution in [-0.4, -0.2) is 58.9 Å². The summed E-state index contributed by atoms with van der Waals surface area (Å²) in [5, 5.41) is 12.3.